The summed E-state index contributed by atoms with van der Waals surface area (Å²) in [5.74, 6) is -1.52. The summed E-state index contributed by atoms with van der Waals surface area (Å²) in [6.07, 6.45) is 1.20. The second-order valence-corrected chi connectivity index (χ2v) is 8.07. The van der Waals surface area contributed by atoms with E-state index in [-0.39, 0.29) is 5.75 Å². The molecule has 0 unspecified atom stereocenters. The number of esters is 1. The second-order valence-electron chi connectivity index (χ2n) is 5.33. The Morgan fingerprint density at radius 1 is 1.20 bits per heavy atom. The topological polar surface area (TPSA) is 102 Å². The molecule has 0 fully saturated rings. The highest BCUT2D eigenvalue weighted by atomic mass is 35.5. The van der Waals surface area contributed by atoms with E-state index >= 15 is 0 Å². The van der Waals surface area contributed by atoms with Gasteiger partial charge in [-0.1, -0.05) is 36.5 Å². The number of hydrogen-bond acceptors (Lipinski definition) is 5. The van der Waals surface area contributed by atoms with E-state index < -0.39 is 34.5 Å². The number of unbranched alkanes of at least 4 members (excludes halogenated alkanes) is 1. The van der Waals surface area contributed by atoms with Gasteiger partial charge in [0.1, 0.15) is 6.04 Å². The molecule has 0 aliphatic carbocycles. The maximum atomic E-state index is 11.8. The van der Waals surface area contributed by atoms with E-state index in [2.05, 4.69) is 10.0 Å². The van der Waals surface area contributed by atoms with Crippen LogP contribution in [0.4, 0.5) is 5.69 Å². The lowest BCUT2D eigenvalue weighted by atomic mass is 10.3. The van der Waals surface area contributed by atoms with Crippen LogP contribution in [0.1, 0.15) is 26.7 Å². The largest absolute Gasteiger partial charge is 0.454 e. The monoisotopic (exact) mass is 410 g/mol. The molecule has 0 bridgehead atoms. The summed E-state index contributed by atoms with van der Waals surface area (Å²) in [5.41, 5.74) is 0.354. The van der Waals surface area contributed by atoms with Crippen LogP contribution >= 0.6 is 23.2 Å². The van der Waals surface area contributed by atoms with Gasteiger partial charge in [-0.15, -0.1) is 0 Å². The molecular formula is C15H20Cl2N2O5S. The van der Waals surface area contributed by atoms with Crippen molar-refractivity contribution in [3.05, 3.63) is 28.2 Å². The van der Waals surface area contributed by atoms with Gasteiger partial charge in [0.15, 0.2) is 6.61 Å². The standard InChI is InChI=1S/C15H20Cl2N2O5S/c1-3-4-5-25(22,23)19-10(2)15(21)24-9-14(20)18-13-7-11(16)6-12(17)8-13/h6-8,10,19H,3-5,9H2,1-2H3,(H,18,20)/t10-/m0/s1. The quantitative estimate of drug-likeness (QED) is 0.609. The third kappa shape index (κ3) is 8.53. The van der Waals surface area contributed by atoms with Crippen LogP contribution in [0.5, 0.6) is 0 Å². The van der Waals surface area contributed by atoms with E-state index in [4.69, 9.17) is 27.9 Å². The van der Waals surface area contributed by atoms with Gasteiger partial charge in [-0.2, -0.15) is 0 Å². The molecule has 0 aliphatic heterocycles. The molecule has 1 rings (SSSR count). The summed E-state index contributed by atoms with van der Waals surface area (Å²) in [4.78, 5) is 23.6. The fourth-order valence-corrected chi connectivity index (χ4v) is 3.74. The first-order valence-electron chi connectivity index (χ1n) is 7.55. The number of benzene rings is 1. The van der Waals surface area contributed by atoms with Gasteiger partial charge in [0.2, 0.25) is 10.0 Å². The molecule has 1 atom stereocenters. The molecule has 0 radical (unpaired) electrons. The number of ether oxygens (including phenoxy) is 1. The number of sulfonamides is 1. The van der Waals surface area contributed by atoms with E-state index in [1.54, 1.807) is 0 Å². The molecule has 1 amide bonds. The average molecular weight is 411 g/mol. The minimum atomic E-state index is -3.57. The Labute approximate surface area is 157 Å². The van der Waals surface area contributed by atoms with Gasteiger partial charge in [-0.05, 0) is 31.5 Å². The highest BCUT2D eigenvalue weighted by Gasteiger charge is 2.21. The summed E-state index contributed by atoms with van der Waals surface area (Å²) < 4.78 is 30.5. The van der Waals surface area contributed by atoms with Crippen molar-refractivity contribution in [2.24, 2.45) is 0 Å². The molecule has 1 aromatic rings. The summed E-state index contributed by atoms with van der Waals surface area (Å²) in [6.45, 7) is 2.64. The van der Waals surface area contributed by atoms with Crippen molar-refractivity contribution < 1.29 is 22.7 Å². The highest BCUT2D eigenvalue weighted by molar-refractivity contribution is 7.89. The van der Waals surface area contributed by atoms with E-state index in [0.717, 1.165) is 0 Å². The summed E-state index contributed by atoms with van der Waals surface area (Å²) in [7, 11) is -3.57. The van der Waals surface area contributed by atoms with Crippen LogP contribution in [0.25, 0.3) is 0 Å². The van der Waals surface area contributed by atoms with Gasteiger partial charge in [0.05, 0.1) is 5.75 Å². The average Bonchev–Trinajstić information content (AvgIpc) is 2.49. The first-order valence-corrected chi connectivity index (χ1v) is 9.96. The van der Waals surface area contributed by atoms with Crippen molar-refractivity contribution in [2.75, 3.05) is 17.7 Å². The van der Waals surface area contributed by atoms with Crippen LogP contribution in [-0.2, 0) is 24.3 Å². The first-order chi connectivity index (χ1) is 11.6. The number of carbonyl (C=O) groups is 2. The van der Waals surface area contributed by atoms with Gasteiger partial charge < -0.3 is 10.1 Å². The Kier molecular flexibility index (Phi) is 8.64. The molecule has 1 aromatic carbocycles. The minimum absolute atomic E-state index is 0.0723. The van der Waals surface area contributed by atoms with Crippen molar-refractivity contribution in [1.29, 1.82) is 0 Å². The Bertz CT molecular complexity index is 704. The molecule has 0 spiro atoms. The Morgan fingerprint density at radius 3 is 2.36 bits per heavy atom. The fraction of sp³-hybridized carbons (Fsp3) is 0.467. The lowest BCUT2D eigenvalue weighted by Gasteiger charge is -2.13. The molecule has 0 saturated carbocycles. The second kappa shape index (κ2) is 9.96. The van der Waals surface area contributed by atoms with Crippen LogP contribution in [-0.4, -0.2) is 38.7 Å². The van der Waals surface area contributed by atoms with E-state index in [1.807, 2.05) is 6.92 Å². The zero-order chi connectivity index (χ0) is 19.0. The maximum absolute atomic E-state index is 11.8. The zero-order valence-corrected chi connectivity index (χ0v) is 16.2. The number of nitrogens with one attached hydrogen (secondary N) is 2. The molecular weight excluding hydrogens is 391 g/mol. The smallest absolute Gasteiger partial charge is 0.324 e. The van der Waals surface area contributed by atoms with E-state index in [1.165, 1.54) is 25.1 Å². The maximum Gasteiger partial charge on any atom is 0.324 e. The summed E-state index contributed by atoms with van der Waals surface area (Å²) >= 11 is 11.6. The Hall–Kier alpha value is -1.35. The number of anilines is 1. The predicted octanol–water partition coefficient (Wildman–Crippen LogP) is 2.58. The van der Waals surface area contributed by atoms with Crippen molar-refractivity contribution in [2.45, 2.75) is 32.7 Å². The van der Waals surface area contributed by atoms with Gasteiger partial charge in [0.25, 0.3) is 5.91 Å². The van der Waals surface area contributed by atoms with E-state index in [0.29, 0.717) is 28.6 Å². The molecule has 10 heteroatoms. The number of amides is 1. The normalized spacial score (nSPS) is 12.5. The third-order valence-electron chi connectivity index (χ3n) is 2.97. The molecule has 0 aromatic heterocycles. The number of halogens is 2. The lowest BCUT2D eigenvalue weighted by Crippen LogP contribution is -2.41. The number of carbonyl (C=O) groups excluding carboxylic acids is 2. The highest BCUT2D eigenvalue weighted by Crippen LogP contribution is 2.22. The van der Waals surface area contributed by atoms with Crippen molar-refractivity contribution in [1.82, 2.24) is 4.72 Å². The molecule has 0 aliphatic rings. The number of hydrogen-bond donors (Lipinski definition) is 2. The predicted molar refractivity (Wildman–Crippen MR) is 97.3 cm³/mol. The molecule has 0 heterocycles. The van der Waals surface area contributed by atoms with Crippen molar-refractivity contribution >= 4 is 50.8 Å². The minimum Gasteiger partial charge on any atom is -0.454 e. The third-order valence-corrected chi connectivity index (χ3v) is 4.94. The van der Waals surface area contributed by atoms with Crippen molar-refractivity contribution in [3.63, 3.8) is 0 Å². The van der Waals surface area contributed by atoms with Crippen molar-refractivity contribution in [3.8, 4) is 0 Å². The zero-order valence-electron chi connectivity index (χ0n) is 13.8. The van der Waals surface area contributed by atoms with Gasteiger partial charge in [0, 0.05) is 15.7 Å². The molecule has 140 valence electrons. The molecule has 0 saturated heterocycles. The van der Waals surface area contributed by atoms with Gasteiger partial charge in [-0.3, -0.25) is 9.59 Å². The fourth-order valence-electron chi connectivity index (χ4n) is 1.80. The Morgan fingerprint density at radius 2 is 1.80 bits per heavy atom. The van der Waals surface area contributed by atoms with E-state index in [9.17, 15) is 18.0 Å². The number of rotatable bonds is 9. The molecule has 7 nitrogen and oxygen atoms in total. The van der Waals surface area contributed by atoms with Crippen LogP contribution in [0.15, 0.2) is 18.2 Å². The molecule has 2 N–H and O–H groups in total. The SMILES string of the molecule is CCCCS(=O)(=O)N[C@@H](C)C(=O)OCC(=O)Nc1cc(Cl)cc(Cl)c1. The van der Waals surface area contributed by atoms with Crippen LogP contribution < -0.4 is 10.0 Å². The van der Waals surface area contributed by atoms with Crippen LogP contribution in [0, 0.1) is 0 Å². The van der Waals surface area contributed by atoms with Gasteiger partial charge >= 0.3 is 5.97 Å². The molecule has 25 heavy (non-hydrogen) atoms. The summed E-state index contributed by atoms with van der Waals surface area (Å²) in [6, 6.07) is 3.38. The van der Waals surface area contributed by atoms with Crippen LogP contribution in [0.2, 0.25) is 10.0 Å². The lowest BCUT2D eigenvalue weighted by molar-refractivity contribution is -0.148. The summed E-state index contributed by atoms with van der Waals surface area (Å²) in [5, 5.41) is 3.16. The van der Waals surface area contributed by atoms with Crippen LogP contribution in [0.3, 0.4) is 0 Å². The first kappa shape index (κ1) is 21.7. The van der Waals surface area contributed by atoms with Gasteiger partial charge in [-0.25, -0.2) is 13.1 Å². The Balaban J connectivity index is 2.48.